The lowest BCUT2D eigenvalue weighted by atomic mass is 10.1. The zero-order chi connectivity index (χ0) is 15.4. The Morgan fingerprint density at radius 1 is 1.33 bits per heavy atom. The number of nitrogens with zero attached hydrogens (tertiary/aromatic N) is 3. The molecule has 0 aliphatic carbocycles. The summed E-state index contributed by atoms with van der Waals surface area (Å²) < 4.78 is 1.71. The van der Waals surface area contributed by atoms with E-state index in [1.165, 1.54) is 0 Å². The molecule has 0 saturated carbocycles. The van der Waals surface area contributed by atoms with Gasteiger partial charge >= 0.3 is 0 Å². The highest BCUT2D eigenvalue weighted by Gasteiger charge is 2.20. The Bertz CT molecular complexity index is 591. The van der Waals surface area contributed by atoms with Crippen LogP contribution in [0.2, 0.25) is 0 Å². The van der Waals surface area contributed by atoms with E-state index < -0.39 is 6.10 Å². The smallest absolute Gasteiger partial charge is 0.254 e. The first-order valence-corrected chi connectivity index (χ1v) is 7.08. The minimum atomic E-state index is -0.550. The van der Waals surface area contributed by atoms with E-state index in [1.54, 1.807) is 28.8 Å². The fourth-order valence-corrected chi connectivity index (χ4v) is 2.18. The van der Waals surface area contributed by atoms with E-state index in [1.807, 2.05) is 44.3 Å². The van der Waals surface area contributed by atoms with Gasteiger partial charge in [0, 0.05) is 30.5 Å². The first kappa shape index (κ1) is 15.3. The monoisotopic (exact) mass is 287 g/mol. The van der Waals surface area contributed by atoms with Gasteiger partial charge in [-0.15, -0.1) is 0 Å². The average Bonchev–Trinajstić information content (AvgIpc) is 2.98. The molecule has 0 aliphatic heterocycles. The molecule has 1 heterocycles. The summed E-state index contributed by atoms with van der Waals surface area (Å²) in [5.41, 5.74) is 1.43. The summed E-state index contributed by atoms with van der Waals surface area (Å²) in [6.07, 6.45) is 2.98. The molecule has 2 aromatic rings. The van der Waals surface area contributed by atoms with E-state index in [2.05, 4.69) is 5.10 Å². The van der Waals surface area contributed by atoms with E-state index in [0.29, 0.717) is 12.1 Å². The normalized spacial score (nSPS) is 12.4. The second kappa shape index (κ2) is 6.54. The van der Waals surface area contributed by atoms with Crippen molar-refractivity contribution in [1.29, 1.82) is 0 Å². The van der Waals surface area contributed by atoms with Crippen molar-refractivity contribution in [1.82, 2.24) is 14.7 Å². The van der Waals surface area contributed by atoms with Crippen LogP contribution >= 0.6 is 0 Å². The minimum absolute atomic E-state index is 0.0282. The molecular weight excluding hydrogens is 266 g/mol. The van der Waals surface area contributed by atoms with E-state index in [4.69, 9.17) is 0 Å². The van der Waals surface area contributed by atoms with Crippen molar-refractivity contribution in [2.45, 2.75) is 32.9 Å². The number of aromatic nitrogens is 2. The van der Waals surface area contributed by atoms with Crippen molar-refractivity contribution in [2.75, 3.05) is 6.54 Å². The second-order valence-electron chi connectivity index (χ2n) is 5.40. The highest BCUT2D eigenvalue weighted by atomic mass is 16.3. The molecule has 0 bridgehead atoms. The van der Waals surface area contributed by atoms with Crippen LogP contribution in [0.25, 0.3) is 5.69 Å². The first-order valence-electron chi connectivity index (χ1n) is 7.08. The maximum Gasteiger partial charge on any atom is 0.254 e. The molecule has 1 N–H and O–H groups in total. The van der Waals surface area contributed by atoms with Crippen LogP contribution in [0.3, 0.4) is 0 Å². The summed E-state index contributed by atoms with van der Waals surface area (Å²) in [5, 5.41) is 13.7. The lowest BCUT2D eigenvalue weighted by molar-refractivity contribution is 0.0579. The third-order valence-corrected chi connectivity index (χ3v) is 3.21. The quantitative estimate of drug-likeness (QED) is 0.916. The van der Waals surface area contributed by atoms with Crippen LogP contribution in [0.4, 0.5) is 0 Å². The van der Waals surface area contributed by atoms with Crippen molar-refractivity contribution in [3.05, 3.63) is 48.3 Å². The Kier molecular flexibility index (Phi) is 4.75. The third-order valence-electron chi connectivity index (χ3n) is 3.21. The number of carbonyl (C=O) groups is 1. The molecule has 0 saturated heterocycles. The molecule has 1 unspecified atom stereocenters. The van der Waals surface area contributed by atoms with Gasteiger partial charge in [0.15, 0.2) is 0 Å². The van der Waals surface area contributed by atoms with Crippen molar-refractivity contribution in [3.8, 4) is 5.69 Å². The van der Waals surface area contributed by atoms with Crippen LogP contribution in [0.5, 0.6) is 0 Å². The maximum absolute atomic E-state index is 12.6. The van der Waals surface area contributed by atoms with Crippen LogP contribution in [0.1, 0.15) is 31.1 Å². The van der Waals surface area contributed by atoms with Crippen LogP contribution in [0, 0.1) is 0 Å². The number of benzene rings is 1. The van der Waals surface area contributed by atoms with Gasteiger partial charge in [-0.2, -0.15) is 5.10 Å². The molecule has 0 aliphatic rings. The van der Waals surface area contributed by atoms with E-state index in [-0.39, 0.29) is 11.9 Å². The summed E-state index contributed by atoms with van der Waals surface area (Å²) in [6.45, 7) is 5.89. The lowest BCUT2D eigenvalue weighted by Crippen LogP contribution is -2.41. The zero-order valence-electron chi connectivity index (χ0n) is 12.6. The highest BCUT2D eigenvalue weighted by Crippen LogP contribution is 2.14. The van der Waals surface area contributed by atoms with Crippen LogP contribution in [-0.2, 0) is 0 Å². The molecule has 5 nitrogen and oxygen atoms in total. The molecule has 1 aromatic carbocycles. The van der Waals surface area contributed by atoms with Gasteiger partial charge in [-0.25, -0.2) is 4.68 Å². The molecule has 0 fully saturated rings. The molecule has 2 rings (SSSR count). The highest BCUT2D eigenvalue weighted by molar-refractivity contribution is 5.95. The molecule has 5 heteroatoms. The number of amides is 1. The summed E-state index contributed by atoms with van der Waals surface area (Å²) in [7, 11) is 0. The SMILES string of the molecule is CC(O)CN(C(=O)c1cccc(-n2cccn2)c1)C(C)C. The predicted octanol–water partition coefficient (Wildman–Crippen LogP) is 2.10. The summed E-state index contributed by atoms with van der Waals surface area (Å²) in [5.74, 6) is -0.0834. The summed E-state index contributed by atoms with van der Waals surface area (Å²) in [6, 6.07) is 9.20. The number of hydrogen-bond acceptors (Lipinski definition) is 3. The molecule has 21 heavy (non-hydrogen) atoms. The fourth-order valence-electron chi connectivity index (χ4n) is 2.18. The van der Waals surface area contributed by atoms with Crippen LogP contribution < -0.4 is 0 Å². The average molecular weight is 287 g/mol. The van der Waals surface area contributed by atoms with Gasteiger partial charge in [-0.05, 0) is 45.0 Å². The van der Waals surface area contributed by atoms with Gasteiger partial charge in [-0.3, -0.25) is 4.79 Å². The number of aliphatic hydroxyl groups excluding tert-OH is 1. The van der Waals surface area contributed by atoms with Crippen LogP contribution in [-0.4, -0.2) is 44.4 Å². The molecule has 1 amide bonds. The fraction of sp³-hybridized carbons (Fsp3) is 0.375. The van der Waals surface area contributed by atoms with E-state index >= 15 is 0 Å². The molecule has 112 valence electrons. The molecule has 1 aromatic heterocycles. The Balaban J connectivity index is 2.28. The number of carbonyl (C=O) groups excluding carboxylic acids is 1. The van der Waals surface area contributed by atoms with Crippen molar-refractivity contribution < 1.29 is 9.90 Å². The Morgan fingerprint density at radius 2 is 2.10 bits per heavy atom. The van der Waals surface area contributed by atoms with Crippen molar-refractivity contribution in [2.24, 2.45) is 0 Å². The molecule has 1 atom stereocenters. The minimum Gasteiger partial charge on any atom is -0.392 e. The van der Waals surface area contributed by atoms with E-state index in [9.17, 15) is 9.90 Å². The van der Waals surface area contributed by atoms with Gasteiger partial charge < -0.3 is 10.0 Å². The number of rotatable bonds is 5. The van der Waals surface area contributed by atoms with Gasteiger partial charge in [0.25, 0.3) is 5.91 Å². The Hall–Kier alpha value is -2.14. The van der Waals surface area contributed by atoms with Crippen LogP contribution in [0.15, 0.2) is 42.7 Å². The van der Waals surface area contributed by atoms with E-state index in [0.717, 1.165) is 5.69 Å². The third kappa shape index (κ3) is 3.70. The number of aliphatic hydroxyl groups is 1. The molecule has 0 radical (unpaired) electrons. The van der Waals surface area contributed by atoms with Gasteiger partial charge in [-0.1, -0.05) is 6.07 Å². The maximum atomic E-state index is 12.6. The standard InChI is InChI=1S/C16H21N3O2/c1-12(2)18(11-13(3)20)16(21)14-6-4-7-15(10-14)19-9-5-8-17-19/h4-10,12-13,20H,11H2,1-3H3. The van der Waals surface area contributed by atoms with Crippen molar-refractivity contribution in [3.63, 3.8) is 0 Å². The van der Waals surface area contributed by atoms with Gasteiger partial charge in [0.05, 0.1) is 11.8 Å². The van der Waals surface area contributed by atoms with Gasteiger partial charge in [0.2, 0.25) is 0 Å². The molecule has 0 spiro atoms. The number of hydrogen-bond donors (Lipinski definition) is 1. The Morgan fingerprint density at radius 3 is 2.67 bits per heavy atom. The topological polar surface area (TPSA) is 58.4 Å². The zero-order valence-corrected chi connectivity index (χ0v) is 12.6. The lowest BCUT2D eigenvalue weighted by Gasteiger charge is -2.28. The second-order valence-corrected chi connectivity index (χ2v) is 5.40. The van der Waals surface area contributed by atoms with Crippen molar-refractivity contribution >= 4 is 5.91 Å². The largest absolute Gasteiger partial charge is 0.392 e. The summed E-state index contributed by atoms with van der Waals surface area (Å²) in [4.78, 5) is 14.3. The Labute approximate surface area is 124 Å². The molecular formula is C16H21N3O2. The predicted molar refractivity (Wildman–Crippen MR) is 81.4 cm³/mol. The summed E-state index contributed by atoms with van der Waals surface area (Å²) >= 11 is 0. The van der Waals surface area contributed by atoms with Gasteiger partial charge in [0.1, 0.15) is 0 Å². The first-order chi connectivity index (χ1) is 9.99.